The number of aliphatic hydroxyl groups excluding tert-OH is 2. The van der Waals surface area contributed by atoms with Gasteiger partial charge in [-0.2, -0.15) is 0 Å². The van der Waals surface area contributed by atoms with Crippen molar-refractivity contribution in [1.29, 1.82) is 0 Å². The molecule has 0 heterocycles. The maximum atomic E-state index is 13.1. The number of aliphatic hydroxyl groups is 2. The molecule has 330 valence electrons. The second-order valence-electron chi connectivity index (χ2n) is 16.3. The summed E-state index contributed by atoms with van der Waals surface area (Å²) in [4.78, 5) is 25.9. The summed E-state index contributed by atoms with van der Waals surface area (Å²) in [6.07, 6.45) is 54.3. The molecule has 0 radical (unpaired) electrons. The lowest BCUT2D eigenvalue weighted by molar-refractivity contribution is -0.151. The number of esters is 1. The van der Waals surface area contributed by atoms with E-state index in [4.69, 9.17) is 4.74 Å². The first-order chi connectivity index (χ1) is 28.0. The van der Waals surface area contributed by atoms with E-state index in [1.165, 1.54) is 122 Å². The van der Waals surface area contributed by atoms with E-state index in [1.54, 1.807) is 0 Å². The quantitative estimate of drug-likeness (QED) is 0.0325. The van der Waals surface area contributed by atoms with Crippen molar-refractivity contribution in [2.45, 2.75) is 244 Å². The van der Waals surface area contributed by atoms with Gasteiger partial charge < -0.3 is 20.3 Å². The molecule has 0 saturated carbocycles. The molecule has 0 aromatic rings. The Kier molecular flexibility index (Phi) is 42.7. The number of carbonyl (C=O) groups is 2. The van der Waals surface area contributed by atoms with Gasteiger partial charge in [-0.3, -0.25) is 9.59 Å². The van der Waals surface area contributed by atoms with Gasteiger partial charge in [-0.05, 0) is 38.5 Å². The molecule has 6 heteroatoms. The first-order valence-electron chi connectivity index (χ1n) is 24.1. The van der Waals surface area contributed by atoms with E-state index < -0.39 is 18.2 Å². The Labute approximate surface area is 352 Å². The number of carbonyl (C=O) groups excluding carboxylic acids is 2. The molecule has 0 fully saturated rings. The van der Waals surface area contributed by atoms with Crippen molar-refractivity contribution in [3.8, 4) is 0 Å². The molecular formula is C51H91NO5. The topological polar surface area (TPSA) is 95.9 Å². The largest absolute Gasteiger partial charge is 0.462 e. The average molecular weight is 798 g/mol. The van der Waals surface area contributed by atoms with E-state index in [0.717, 1.165) is 51.4 Å². The predicted molar refractivity (Wildman–Crippen MR) is 245 cm³/mol. The lowest BCUT2D eigenvalue weighted by Gasteiger charge is -2.24. The van der Waals surface area contributed by atoms with E-state index >= 15 is 0 Å². The van der Waals surface area contributed by atoms with Crippen molar-refractivity contribution < 1.29 is 24.5 Å². The summed E-state index contributed by atoms with van der Waals surface area (Å²) < 4.78 is 5.86. The predicted octanol–water partition coefficient (Wildman–Crippen LogP) is 14.1. The number of unbranched alkanes of at least 4 members (excludes halogenated alkanes) is 24. The van der Waals surface area contributed by atoms with Crippen LogP contribution in [-0.4, -0.2) is 46.9 Å². The highest BCUT2D eigenvalue weighted by molar-refractivity contribution is 5.77. The molecule has 57 heavy (non-hydrogen) atoms. The third-order valence-electron chi connectivity index (χ3n) is 10.7. The van der Waals surface area contributed by atoms with Crippen LogP contribution in [0.15, 0.2) is 60.8 Å². The molecule has 3 unspecified atom stereocenters. The highest BCUT2D eigenvalue weighted by atomic mass is 16.5. The number of rotatable bonds is 42. The van der Waals surface area contributed by atoms with Crippen molar-refractivity contribution in [1.82, 2.24) is 5.32 Å². The minimum atomic E-state index is -0.798. The van der Waals surface area contributed by atoms with Crippen LogP contribution in [0.4, 0.5) is 0 Å². The first-order valence-corrected chi connectivity index (χ1v) is 24.1. The van der Waals surface area contributed by atoms with Crippen LogP contribution in [0, 0.1) is 0 Å². The number of hydrogen-bond acceptors (Lipinski definition) is 5. The molecule has 0 spiro atoms. The van der Waals surface area contributed by atoms with Gasteiger partial charge in [0.2, 0.25) is 5.91 Å². The molecule has 0 aliphatic carbocycles. The zero-order valence-electron chi connectivity index (χ0n) is 37.5. The van der Waals surface area contributed by atoms with Gasteiger partial charge in [0.25, 0.3) is 0 Å². The van der Waals surface area contributed by atoms with Gasteiger partial charge in [-0.1, -0.05) is 236 Å². The number of nitrogens with one attached hydrogen (secondary N) is 1. The molecule has 0 aromatic heterocycles. The Morgan fingerprint density at radius 2 is 0.930 bits per heavy atom. The third kappa shape index (κ3) is 40.1. The Hall–Kier alpha value is -2.44. The fraction of sp³-hybridized carbons (Fsp3) is 0.765. The minimum Gasteiger partial charge on any atom is -0.462 e. The second kappa shape index (κ2) is 44.7. The third-order valence-corrected chi connectivity index (χ3v) is 10.7. The fourth-order valence-corrected chi connectivity index (χ4v) is 7.11. The van der Waals surface area contributed by atoms with Gasteiger partial charge >= 0.3 is 5.97 Å². The van der Waals surface area contributed by atoms with Crippen molar-refractivity contribution in [2.24, 2.45) is 0 Å². The summed E-state index contributed by atoms with van der Waals surface area (Å²) in [5, 5.41) is 23.7. The Morgan fingerprint density at radius 1 is 0.526 bits per heavy atom. The first kappa shape index (κ1) is 54.6. The van der Waals surface area contributed by atoms with Crippen LogP contribution in [0.5, 0.6) is 0 Å². The summed E-state index contributed by atoms with van der Waals surface area (Å²) in [5.41, 5.74) is 0. The summed E-state index contributed by atoms with van der Waals surface area (Å²) in [5.74, 6) is -0.563. The average Bonchev–Trinajstić information content (AvgIpc) is 3.20. The molecule has 3 N–H and O–H groups in total. The summed E-state index contributed by atoms with van der Waals surface area (Å²) in [7, 11) is 0. The van der Waals surface area contributed by atoms with Crippen LogP contribution in [0.2, 0.25) is 0 Å². The molecular weight excluding hydrogens is 707 g/mol. The molecule has 1 amide bonds. The van der Waals surface area contributed by atoms with E-state index in [1.807, 2.05) is 54.7 Å². The van der Waals surface area contributed by atoms with Crippen LogP contribution in [-0.2, 0) is 14.3 Å². The maximum absolute atomic E-state index is 13.1. The van der Waals surface area contributed by atoms with Crippen molar-refractivity contribution in [3.63, 3.8) is 0 Å². The van der Waals surface area contributed by atoms with Crippen LogP contribution in [0.3, 0.4) is 0 Å². The van der Waals surface area contributed by atoms with E-state index in [2.05, 4.69) is 32.2 Å². The second-order valence-corrected chi connectivity index (χ2v) is 16.3. The lowest BCUT2D eigenvalue weighted by atomic mass is 10.0. The standard InChI is InChI=1S/C51H91NO5/c1-4-7-10-13-16-19-21-23-24-25-27-28-31-34-37-40-43-49(54)48(46-53)52-50(55)45-47(42-39-36-33-30-18-15-12-9-6-3)57-51(56)44-41-38-35-32-29-26-22-20-17-14-11-8-5-2/h8,11,14,17,20,22,26,29,32,35,47-49,53-54H,4-7,9-10,12-13,15-16,18-19,21,23-25,27-28,30-31,33-34,36-46H2,1-3H3,(H,52,55)/b11-8+,17-14+,22-20-,29-26-,35-32+. The molecule has 3 atom stereocenters. The lowest BCUT2D eigenvalue weighted by Crippen LogP contribution is -2.46. The molecule has 0 aromatic carbocycles. The van der Waals surface area contributed by atoms with Crippen LogP contribution < -0.4 is 5.32 Å². The Balaban J connectivity index is 4.55. The van der Waals surface area contributed by atoms with Gasteiger partial charge in [-0.15, -0.1) is 0 Å². The monoisotopic (exact) mass is 798 g/mol. The fourth-order valence-electron chi connectivity index (χ4n) is 7.11. The van der Waals surface area contributed by atoms with Crippen molar-refractivity contribution >= 4 is 11.9 Å². The highest BCUT2D eigenvalue weighted by Crippen LogP contribution is 2.18. The summed E-state index contributed by atoms with van der Waals surface area (Å²) in [6.45, 7) is 6.30. The molecule has 0 saturated heterocycles. The van der Waals surface area contributed by atoms with Crippen LogP contribution in [0.25, 0.3) is 0 Å². The number of amides is 1. The van der Waals surface area contributed by atoms with Gasteiger partial charge in [0.15, 0.2) is 0 Å². The van der Waals surface area contributed by atoms with E-state index in [9.17, 15) is 19.8 Å². The SMILES string of the molecule is CC/C=C/C=C/C=C\C=C/C=C/CCCC(=O)OC(CCCCCCCCCCC)CC(=O)NC(CO)C(O)CCCCCCCCCCCCCCCCCC. The zero-order valence-corrected chi connectivity index (χ0v) is 37.5. The Morgan fingerprint density at radius 3 is 1.37 bits per heavy atom. The van der Waals surface area contributed by atoms with Crippen molar-refractivity contribution in [2.75, 3.05) is 6.61 Å². The van der Waals surface area contributed by atoms with E-state index in [-0.39, 0.29) is 24.9 Å². The zero-order chi connectivity index (χ0) is 41.7. The van der Waals surface area contributed by atoms with Gasteiger partial charge in [-0.25, -0.2) is 0 Å². The molecule has 0 rings (SSSR count). The maximum Gasteiger partial charge on any atom is 0.306 e. The molecule has 0 aliphatic rings. The van der Waals surface area contributed by atoms with Crippen LogP contribution >= 0.6 is 0 Å². The number of hydrogen-bond donors (Lipinski definition) is 3. The summed E-state index contributed by atoms with van der Waals surface area (Å²) in [6, 6.07) is -0.714. The van der Waals surface area contributed by atoms with Gasteiger partial charge in [0.05, 0.1) is 25.2 Å². The van der Waals surface area contributed by atoms with Crippen molar-refractivity contribution in [3.05, 3.63) is 60.8 Å². The van der Waals surface area contributed by atoms with Gasteiger partial charge in [0.1, 0.15) is 6.10 Å². The summed E-state index contributed by atoms with van der Waals surface area (Å²) >= 11 is 0. The number of ether oxygens (including phenoxy) is 1. The number of allylic oxidation sites excluding steroid dienone is 10. The molecule has 0 aliphatic heterocycles. The molecule has 0 bridgehead atoms. The Bertz CT molecular complexity index is 1030. The minimum absolute atomic E-state index is 0.0489. The smallest absolute Gasteiger partial charge is 0.306 e. The highest BCUT2D eigenvalue weighted by Gasteiger charge is 2.24. The normalized spacial score (nSPS) is 13.8. The van der Waals surface area contributed by atoms with E-state index in [0.29, 0.717) is 25.7 Å². The van der Waals surface area contributed by atoms with Gasteiger partial charge in [0, 0.05) is 6.42 Å². The molecule has 6 nitrogen and oxygen atoms in total. The van der Waals surface area contributed by atoms with Crippen LogP contribution in [0.1, 0.15) is 226 Å².